The van der Waals surface area contributed by atoms with Crippen molar-refractivity contribution >= 4 is 16.6 Å². The number of allylic oxidation sites excluding steroid dienone is 14. The number of aryl methyl sites for hydroxylation is 1. The summed E-state index contributed by atoms with van der Waals surface area (Å²) in [5.41, 5.74) is 12.7. The van der Waals surface area contributed by atoms with Crippen molar-refractivity contribution in [3.63, 3.8) is 0 Å². The Morgan fingerprint density at radius 2 is 2.03 bits per heavy atom. The van der Waals surface area contributed by atoms with Crippen LogP contribution in [0.3, 0.4) is 0 Å². The molecule has 34 heavy (non-hydrogen) atoms. The van der Waals surface area contributed by atoms with E-state index in [-0.39, 0.29) is 0 Å². The zero-order chi connectivity index (χ0) is 22.4. The molecule has 3 nitrogen and oxygen atoms in total. The fourth-order valence-corrected chi connectivity index (χ4v) is 6.17. The maximum atomic E-state index is 6.34. The molecule has 0 spiro atoms. The number of hydrogen-bond acceptors (Lipinski definition) is 2. The van der Waals surface area contributed by atoms with Crippen molar-refractivity contribution in [2.75, 3.05) is 0 Å². The molecule has 4 aliphatic carbocycles. The lowest BCUT2D eigenvalue weighted by Crippen LogP contribution is -2.22. The Hall–Kier alpha value is -4.11. The molecule has 0 amide bonds. The summed E-state index contributed by atoms with van der Waals surface area (Å²) < 4.78 is 8.64. The van der Waals surface area contributed by atoms with Gasteiger partial charge in [-0.1, -0.05) is 67.7 Å². The minimum atomic E-state index is 0.323. The molecule has 2 heterocycles. The van der Waals surface area contributed by atoms with E-state index in [1.807, 2.05) is 12.1 Å². The minimum absolute atomic E-state index is 0.323. The van der Waals surface area contributed by atoms with Crippen LogP contribution in [0, 0.1) is 5.92 Å². The SMILES string of the molecule is CCc1nc2cccc3c2n1-c1cc(C2=CC4=C5C(=CC=C6C=CC=C2C65)C=CC4)ccc1O3. The topological polar surface area (TPSA) is 27.1 Å². The van der Waals surface area contributed by atoms with Gasteiger partial charge in [-0.3, -0.25) is 4.57 Å². The predicted octanol–water partition coefficient (Wildman–Crippen LogP) is 7.33. The Morgan fingerprint density at radius 3 is 2.97 bits per heavy atom. The molecule has 1 aliphatic heterocycles. The van der Waals surface area contributed by atoms with Gasteiger partial charge in [-0.05, 0) is 69.7 Å². The van der Waals surface area contributed by atoms with Crippen molar-refractivity contribution in [3.05, 3.63) is 124 Å². The lowest BCUT2D eigenvalue weighted by molar-refractivity contribution is 0.474. The van der Waals surface area contributed by atoms with E-state index in [1.165, 1.54) is 39.0 Å². The van der Waals surface area contributed by atoms with Crippen LogP contribution in [0.4, 0.5) is 0 Å². The molecule has 0 fully saturated rings. The van der Waals surface area contributed by atoms with Crippen molar-refractivity contribution in [2.24, 2.45) is 5.92 Å². The predicted molar refractivity (Wildman–Crippen MR) is 136 cm³/mol. The normalized spacial score (nSPS) is 20.8. The van der Waals surface area contributed by atoms with Gasteiger partial charge in [0.1, 0.15) is 11.3 Å². The third-order valence-corrected chi connectivity index (χ3v) is 7.63. The van der Waals surface area contributed by atoms with Crippen LogP contribution in [0.1, 0.15) is 24.7 Å². The first kappa shape index (κ1) is 18.3. The van der Waals surface area contributed by atoms with Crippen LogP contribution >= 0.6 is 0 Å². The number of ether oxygens (including phenoxy) is 1. The van der Waals surface area contributed by atoms with E-state index in [9.17, 15) is 0 Å². The summed E-state index contributed by atoms with van der Waals surface area (Å²) in [4.78, 5) is 4.91. The van der Waals surface area contributed by atoms with Crippen LogP contribution in [-0.2, 0) is 6.42 Å². The third kappa shape index (κ3) is 2.29. The minimum Gasteiger partial charge on any atom is -0.453 e. The van der Waals surface area contributed by atoms with Gasteiger partial charge in [0.15, 0.2) is 11.5 Å². The second-order valence-electron chi connectivity index (χ2n) is 9.43. The Kier molecular flexibility index (Phi) is 3.49. The molecule has 3 heteroatoms. The molecule has 0 N–H and O–H groups in total. The molecule has 1 atom stereocenters. The zero-order valence-electron chi connectivity index (χ0n) is 18.9. The molecule has 1 aromatic heterocycles. The molecule has 0 radical (unpaired) electrons. The Balaban J connectivity index is 1.36. The lowest BCUT2D eigenvalue weighted by atomic mass is 9.66. The van der Waals surface area contributed by atoms with Gasteiger partial charge in [0.2, 0.25) is 0 Å². The van der Waals surface area contributed by atoms with Crippen LogP contribution in [-0.4, -0.2) is 9.55 Å². The van der Waals surface area contributed by atoms with Crippen LogP contribution in [0.5, 0.6) is 11.5 Å². The summed E-state index contributed by atoms with van der Waals surface area (Å²) >= 11 is 0. The molecular formula is C31H22N2O. The number of para-hydroxylation sites is 1. The standard InChI is InChI=1S/C31H22N2O/c1-2-28-32-24-10-5-11-27-31(24)33(28)25-17-20(14-15-26(25)34-27)23-16-21-8-3-6-18-12-13-19-7-4-9-22(23)30(19)29(18)21/h3-7,9-17,30H,2,8H2,1H3. The highest BCUT2D eigenvalue weighted by atomic mass is 16.5. The largest absolute Gasteiger partial charge is 0.453 e. The molecule has 0 bridgehead atoms. The number of rotatable bonds is 2. The Morgan fingerprint density at radius 1 is 1.06 bits per heavy atom. The van der Waals surface area contributed by atoms with E-state index in [2.05, 4.69) is 84.4 Å². The molecule has 5 aliphatic rings. The van der Waals surface area contributed by atoms with Gasteiger partial charge in [-0.15, -0.1) is 0 Å². The number of fused-ring (bicyclic) bond motifs is 2. The quantitative estimate of drug-likeness (QED) is 0.328. The van der Waals surface area contributed by atoms with Crippen molar-refractivity contribution < 1.29 is 4.74 Å². The monoisotopic (exact) mass is 438 g/mol. The summed E-state index contributed by atoms with van der Waals surface area (Å²) in [5.74, 6) is 3.15. The van der Waals surface area contributed by atoms with E-state index < -0.39 is 0 Å². The maximum absolute atomic E-state index is 6.34. The fourth-order valence-electron chi connectivity index (χ4n) is 6.17. The summed E-state index contributed by atoms with van der Waals surface area (Å²) in [5, 5.41) is 0. The van der Waals surface area contributed by atoms with E-state index in [4.69, 9.17) is 9.72 Å². The Bertz CT molecular complexity index is 1680. The van der Waals surface area contributed by atoms with Crippen molar-refractivity contribution in [1.82, 2.24) is 9.55 Å². The van der Waals surface area contributed by atoms with Gasteiger partial charge in [0, 0.05) is 12.3 Å². The van der Waals surface area contributed by atoms with Gasteiger partial charge in [0.25, 0.3) is 0 Å². The smallest absolute Gasteiger partial charge is 0.153 e. The maximum Gasteiger partial charge on any atom is 0.153 e. The highest BCUT2D eigenvalue weighted by molar-refractivity contribution is 5.91. The van der Waals surface area contributed by atoms with Gasteiger partial charge in [0.05, 0.1) is 11.2 Å². The fraction of sp³-hybridized carbons (Fsp3) is 0.129. The van der Waals surface area contributed by atoms with Crippen molar-refractivity contribution in [2.45, 2.75) is 19.8 Å². The summed E-state index contributed by atoms with van der Waals surface area (Å²) in [6.07, 6.45) is 20.2. The molecule has 0 saturated carbocycles. The highest BCUT2D eigenvalue weighted by Crippen LogP contribution is 2.52. The molecule has 0 saturated heterocycles. The molecule has 2 aromatic carbocycles. The second kappa shape index (κ2) is 6.48. The number of imidazole rings is 1. The number of nitrogens with zero attached hydrogens (tertiary/aromatic N) is 2. The molecule has 162 valence electrons. The number of hydrogen-bond donors (Lipinski definition) is 0. The Labute approximate surface area is 198 Å². The number of benzene rings is 2. The first-order chi connectivity index (χ1) is 16.8. The molecule has 8 rings (SSSR count). The zero-order valence-corrected chi connectivity index (χ0v) is 18.9. The highest BCUT2D eigenvalue weighted by Gasteiger charge is 2.35. The van der Waals surface area contributed by atoms with E-state index >= 15 is 0 Å². The van der Waals surface area contributed by atoms with E-state index in [0.717, 1.165) is 46.9 Å². The average molecular weight is 439 g/mol. The van der Waals surface area contributed by atoms with Crippen molar-refractivity contribution in [3.8, 4) is 17.2 Å². The van der Waals surface area contributed by atoms with Crippen LogP contribution in [0.15, 0.2) is 113 Å². The molecule has 1 unspecified atom stereocenters. The van der Waals surface area contributed by atoms with Gasteiger partial charge >= 0.3 is 0 Å². The summed E-state index contributed by atoms with van der Waals surface area (Å²) in [6, 6.07) is 12.8. The van der Waals surface area contributed by atoms with Crippen molar-refractivity contribution in [1.29, 1.82) is 0 Å². The van der Waals surface area contributed by atoms with E-state index in [0.29, 0.717) is 5.92 Å². The van der Waals surface area contributed by atoms with Gasteiger partial charge in [-0.25, -0.2) is 4.98 Å². The van der Waals surface area contributed by atoms with Crippen LogP contribution in [0.25, 0.3) is 22.3 Å². The lowest BCUT2D eigenvalue weighted by Gasteiger charge is -2.37. The second-order valence-corrected chi connectivity index (χ2v) is 9.43. The number of aromatic nitrogens is 2. The van der Waals surface area contributed by atoms with E-state index in [1.54, 1.807) is 0 Å². The molecular weight excluding hydrogens is 416 g/mol. The first-order valence-corrected chi connectivity index (χ1v) is 12.1. The summed E-state index contributed by atoms with van der Waals surface area (Å²) in [6.45, 7) is 2.17. The van der Waals surface area contributed by atoms with Crippen LogP contribution in [0.2, 0.25) is 0 Å². The van der Waals surface area contributed by atoms with Gasteiger partial charge < -0.3 is 4.74 Å². The van der Waals surface area contributed by atoms with Crippen LogP contribution < -0.4 is 4.74 Å². The van der Waals surface area contributed by atoms with Gasteiger partial charge in [-0.2, -0.15) is 0 Å². The first-order valence-electron chi connectivity index (χ1n) is 12.1. The summed E-state index contributed by atoms with van der Waals surface area (Å²) in [7, 11) is 0. The average Bonchev–Trinajstić information content (AvgIpc) is 3.27. The molecule has 3 aromatic rings. The third-order valence-electron chi connectivity index (χ3n) is 7.63.